The number of aryl methyl sites for hydroxylation is 2. The lowest BCUT2D eigenvalue weighted by Gasteiger charge is -2.38. The van der Waals surface area contributed by atoms with Gasteiger partial charge in [0, 0.05) is 58.7 Å². The number of nitrogens with zero attached hydrogens (tertiary/aromatic N) is 3. The van der Waals surface area contributed by atoms with Crippen LogP contribution in [0.2, 0.25) is 5.02 Å². The monoisotopic (exact) mass is 764 g/mol. The lowest BCUT2D eigenvalue weighted by Crippen LogP contribution is -2.50. The van der Waals surface area contributed by atoms with Crippen molar-refractivity contribution in [3.05, 3.63) is 60.7 Å². The van der Waals surface area contributed by atoms with Gasteiger partial charge in [-0.05, 0) is 129 Å². The van der Waals surface area contributed by atoms with Crippen LogP contribution in [0.25, 0.3) is 0 Å². The molecule has 45 heavy (non-hydrogen) atoms. The fourth-order valence-corrected chi connectivity index (χ4v) is 8.57. The van der Waals surface area contributed by atoms with Crippen LogP contribution in [-0.2, 0) is 27.2 Å². The summed E-state index contributed by atoms with van der Waals surface area (Å²) in [5, 5.41) is 3.38. The number of rotatable bonds is 5. The molecule has 3 heterocycles. The first-order chi connectivity index (χ1) is 21.3. The summed E-state index contributed by atoms with van der Waals surface area (Å²) >= 11 is 13.9. The molecule has 1 aromatic heterocycles. The van der Waals surface area contributed by atoms with E-state index in [2.05, 4.69) is 49.3 Å². The molecule has 0 bridgehead atoms. The SMILES string of the molecule is C[C@@H](NC(=O)OC(C)(C)C)C(=O)N1CCC(CC(=O)N2CCC([C@H]3c4ncc(Br)cc4CCc4cc(Cl)cc(Br)c43)CC2)CC1. The number of aromatic nitrogens is 1. The molecule has 0 radical (unpaired) electrons. The smallest absolute Gasteiger partial charge is 0.408 e. The minimum Gasteiger partial charge on any atom is -0.444 e. The summed E-state index contributed by atoms with van der Waals surface area (Å²) in [6.07, 6.45) is 7.02. The number of hydrogen-bond donors (Lipinski definition) is 1. The summed E-state index contributed by atoms with van der Waals surface area (Å²) in [6, 6.07) is 5.63. The van der Waals surface area contributed by atoms with Crippen LogP contribution in [0.1, 0.15) is 88.1 Å². The van der Waals surface area contributed by atoms with Gasteiger partial charge in [-0.15, -0.1) is 0 Å². The minimum absolute atomic E-state index is 0.120. The maximum Gasteiger partial charge on any atom is 0.408 e. The highest BCUT2D eigenvalue weighted by molar-refractivity contribution is 9.10. The number of amides is 3. The maximum absolute atomic E-state index is 13.4. The van der Waals surface area contributed by atoms with Crippen molar-refractivity contribution < 1.29 is 19.1 Å². The number of piperidine rings is 2. The molecule has 244 valence electrons. The average molecular weight is 767 g/mol. The van der Waals surface area contributed by atoms with Crippen LogP contribution in [0.5, 0.6) is 0 Å². The Kier molecular flexibility index (Phi) is 10.9. The molecular weight excluding hydrogens is 724 g/mol. The predicted molar refractivity (Wildman–Crippen MR) is 182 cm³/mol. The number of likely N-dealkylation sites (tertiary alicyclic amines) is 2. The van der Waals surface area contributed by atoms with Gasteiger partial charge in [0.2, 0.25) is 11.8 Å². The second-order valence-electron chi connectivity index (χ2n) is 13.7. The Morgan fingerprint density at radius 2 is 1.64 bits per heavy atom. The number of alkyl carbamates (subject to hydrolysis) is 1. The fraction of sp³-hybridized carbons (Fsp3) is 0.588. The van der Waals surface area contributed by atoms with Crippen LogP contribution in [0, 0.1) is 11.8 Å². The van der Waals surface area contributed by atoms with Gasteiger partial charge in [0.1, 0.15) is 11.6 Å². The molecule has 2 fully saturated rings. The number of nitrogens with one attached hydrogen (secondary N) is 1. The van der Waals surface area contributed by atoms with E-state index in [-0.39, 0.29) is 23.7 Å². The first-order valence-electron chi connectivity index (χ1n) is 16.0. The van der Waals surface area contributed by atoms with Crippen LogP contribution in [0.4, 0.5) is 4.79 Å². The molecule has 3 amide bonds. The molecule has 3 aliphatic rings. The molecule has 2 aliphatic heterocycles. The third-order valence-corrected chi connectivity index (χ3v) is 10.6. The molecule has 1 N–H and O–H groups in total. The van der Waals surface area contributed by atoms with Crippen molar-refractivity contribution in [3.63, 3.8) is 0 Å². The van der Waals surface area contributed by atoms with E-state index in [0.29, 0.717) is 25.4 Å². The zero-order chi connectivity index (χ0) is 32.5. The lowest BCUT2D eigenvalue weighted by atomic mass is 9.76. The second-order valence-corrected chi connectivity index (χ2v) is 15.9. The number of benzene rings is 1. The summed E-state index contributed by atoms with van der Waals surface area (Å²) in [5.41, 5.74) is 4.34. The minimum atomic E-state index is -0.666. The maximum atomic E-state index is 13.4. The van der Waals surface area contributed by atoms with Crippen molar-refractivity contribution >= 4 is 61.4 Å². The highest BCUT2D eigenvalue weighted by Crippen LogP contribution is 2.46. The Balaban J connectivity index is 1.16. The van der Waals surface area contributed by atoms with E-state index in [1.165, 1.54) is 16.7 Å². The van der Waals surface area contributed by atoms with Gasteiger partial charge in [-0.25, -0.2) is 4.79 Å². The van der Waals surface area contributed by atoms with Crippen molar-refractivity contribution in [1.82, 2.24) is 20.1 Å². The quantitative estimate of drug-likeness (QED) is 0.346. The number of carbonyl (C=O) groups excluding carboxylic acids is 3. The topological polar surface area (TPSA) is 91.8 Å². The standard InChI is InChI=1S/C34H43Br2ClN4O4/c1-20(39-33(44)45-34(2,3)4)32(43)41-11-7-21(8-12-41)15-28(42)40-13-9-22(10-14-40)30-29-23(17-26(37)18-27(29)36)5-6-24-16-25(35)19-38-31(24)30/h16-22,30H,5-15H2,1-4H3,(H,39,44)/t20-,30-/m1/s1. The van der Waals surface area contributed by atoms with Crippen molar-refractivity contribution in [2.45, 2.75) is 90.2 Å². The zero-order valence-corrected chi connectivity index (χ0v) is 30.4. The summed E-state index contributed by atoms with van der Waals surface area (Å²) in [4.78, 5) is 47.2. The third-order valence-electron chi connectivity index (χ3n) is 9.27. The molecule has 11 heteroatoms. The highest BCUT2D eigenvalue weighted by Gasteiger charge is 2.37. The third kappa shape index (κ3) is 8.41. The highest BCUT2D eigenvalue weighted by atomic mass is 79.9. The summed E-state index contributed by atoms with van der Waals surface area (Å²) in [7, 11) is 0. The molecule has 1 aromatic carbocycles. The van der Waals surface area contributed by atoms with E-state index in [0.717, 1.165) is 71.3 Å². The summed E-state index contributed by atoms with van der Waals surface area (Å²) in [6.45, 7) is 9.68. The molecule has 2 saturated heterocycles. The fourth-order valence-electron chi connectivity index (χ4n) is 7.07. The van der Waals surface area contributed by atoms with Crippen LogP contribution < -0.4 is 5.32 Å². The van der Waals surface area contributed by atoms with Crippen LogP contribution >= 0.6 is 43.5 Å². The van der Waals surface area contributed by atoms with Gasteiger partial charge in [-0.3, -0.25) is 14.6 Å². The van der Waals surface area contributed by atoms with Crippen molar-refractivity contribution in [1.29, 1.82) is 0 Å². The van der Waals surface area contributed by atoms with Gasteiger partial charge in [-0.1, -0.05) is 27.5 Å². The number of hydrogen-bond acceptors (Lipinski definition) is 5. The molecule has 1 aliphatic carbocycles. The van der Waals surface area contributed by atoms with Crippen molar-refractivity contribution in [2.24, 2.45) is 11.8 Å². The number of fused-ring (bicyclic) bond motifs is 2. The van der Waals surface area contributed by atoms with Gasteiger partial charge in [0.05, 0.1) is 5.69 Å². The van der Waals surface area contributed by atoms with Crippen molar-refractivity contribution in [2.75, 3.05) is 26.2 Å². The van der Waals surface area contributed by atoms with E-state index < -0.39 is 17.7 Å². The Hall–Kier alpha value is -2.17. The summed E-state index contributed by atoms with van der Waals surface area (Å²) in [5.74, 6) is 0.835. The molecule has 8 nitrogen and oxygen atoms in total. The summed E-state index contributed by atoms with van der Waals surface area (Å²) < 4.78 is 7.31. The molecule has 0 unspecified atom stereocenters. The predicted octanol–water partition coefficient (Wildman–Crippen LogP) is 7.27. The van der Waals surface area contributed by atoms with E-state index in [1.807, 2.05) is 17.2 Å². The van der Waals surface area contributed by atoms with Gasteiger partial charge >= 0.3 is 6.09 Å². The number of halogens is 3. The molecule has 2 aromatic rings. The van der Waals surface area contributed by atoms with E-state index in [4.69, 9.17) is 21.3 Å². The van der Waals surface area contributed by atoms with Gasteiger partial charge in [0.15, 0.2) is 0 Å². The normalized spacial score (nSPS) is 20.1. The lowest BCUT2D eigenvalue weighted by molar-refractivity contribution is -0.136. The molecule has 2 atom stereocenters. The molecule has 0 saturated carbocycles. The van der Waals surface area contributed by atoms with E-state index >= 15 is 0 Å². The van der Waals surface area contributed by atoms with Crippen LogP contribution in [0.3, 0.4) is 0 Å². The Bertz CT molecular complexity index is 1430. The van der Waals surface area contributed by atoms with Gasteiger partial charge in [0.25, 0.3) is 0 Å². The Morgan fingerprint density at radius 1 is 1.00 bits per heavy atom. The first-order valence-corrected chi connectivity index (χ1v) is 17.9. The number of carbonyl (C=O) groups is 3. The van der Waals surface area contributed by atoms with Gasteiger partial charge < -0.3 is 19.9 Å². The molecule has 5 rings (SSSR count). The average Bonchev–Trinajstić information content (AvgIpc) is 3.13. The Morgan fingerprint density at radius 3 is 2.31 bits per heavy atom. The van der Waals surface area contributed by atoms with Crippen LogP contribution in [-0.4, -0.2) is 70.5 Å². The molecule has 0 spiro atoms. The zero-order valence-electron chi connectivity index (χ0n) is 26.5. The Labute approximate surface area is 288 Å². The number of ether oxygens (including phenoxy) is 1. The van der Waals surface area contributed by atoms with Crippen LogP contribution in [0.15, 0.2) is 33.3 Å². The largest absolute Gasteiger partial charge is 0.444 e. The first kappa shape index (κ1) is 34.2. The van der Waals surface area contributed by atoms with Crippen molar-refractivity contribution in [3.8, 4) is 0 Å². The van der Waals surface area contributed by atoms with E-state index in [9.17, 15) is 14.4 Å². The molecular formula is C34H43Br2ClN4O4. The number of pyridine rings is 1. The van der Waals surface area contributed by atoms with E-state index in [1.54, 1.807) is 32.6 Å². The second kappa shape index (κ2) is 14.3. The van der Waals surface area contributed by atoms with Gasteiger partial charge in [-0.2, -0.15) is 0 Å².